The second-order valence-electron chi connectivity index (χ2n) is 3.20. The normalized spacial score (nSPS) is 9.20. The molecule has 0 bridgehead atoms. The van der Waals surface area contributed by atoms with Gasteiger partial charge in [-0.3, -0.25) is 4.98 Å². The molecule has 0 unspecified atom stereocenters. The number of aryl methyl sites for hydroxylation is 2. The maximum absolute atomic E-state index is 10.5. The molecule has 1 radical (unpaired) electrons. The van der Waals surface area contributed by atoms with Crippen LogP contribution in [0.3, 0.4) is 0 Å². The molecule has 9 heteroatoms. The topological polar surface area (TPSA) is 132 Å². The zero-order valence-electron chi connectivity index (χ0n) is 11.2. The van der Waals surface area contributed by atoms with Crippen LogP contribution in [0.25, 0.3) is 0 Å². The summed E-state index contributed by atoms with van der Waals surface area (Å²) in [6, 6.07) is 2.26. The van der Waals surface area contributed by atoms with E-state index in [0.717, 1.165) is 0 Å². The van der Waals surface area contributed by atoms with Crippen LogP contribution in [-0.2, 0) is 32.7 Å². The van der Waals surface area contributed by atoms with Gasteiger partial charge in [0.25, 0.3) is 0 Å². The van der Waals surface area contributed by atoms with Crippen molar-refractivity contribution in [1.82, 2.24) is 19.9 Å². The fraction of sp³-hybridized carbons (Fsp3) is 0.273. The van der Waals surface area contributed by atoms with E-state index in [1.54, 1.807) is 6.92 Å². The number of hydrogen-bond acceptors (Lipinski definition) is 6. The minimum atomic E-state index is -0.633. The van der Waals surface area contributed by atoms with E-state index < -0.39 is 17.3 Å². The molecule has 0 amide bonds. The van der Waals surface area contributed by atoms with Gasteiger partial charge in [0.05, 0.1) is 1.37 Å². The van der Waals surface area contributed by atoms with E-state index in [9.17, 15) is 9.59 Å². The van der Waals surface area contributed by atoms with Crippen molar-refractivity contribution in [3.8, 4) is 11.8 Å². The zero-order chi connectivity index (χ0) is 14.6. The third-order valence-electron chi connectivity index (χ3n) is 1.59. The predicted octanol–water partition coefficient (Wildman–Crippen LogP) is 0.248. The maximum Gasteiger partial charge on any atom is 0.347 e. The Labute approximate surface area is 143 Å². The first kappa shape index (κ1) is 18.5. The summed E-state index contributed by atoms with van der Waals surface area (Å²) in [4.78, 5) is 31.6. The number of aromatic amines is 2. The summed E-state index contributed by atoms with van der Waals surface area (Å²) in [7, 11) is 0. The van der Waals surface area contributed by atoms with Crippen LogP contribution in [0.2, 0.25) is 0 Å². The van der Waals surface area contributed by atoms with Gasteiger partial charge < -0.3 is 21.3 Å². The van der Waals surface area contributed by atoms with Crippen LogP contribution in [0.5, 0.6) is 11.8 Å². The van der Waals surface area contributed by atoms with Gasteiger partial charge in [-0.05, 0) is 6.92 Å². The summed E-state index contributed by atoms with van der Waals surface area (Å²) in [5, 5.41) is 17.4. The Balaban J connectivity index is -0.000000290. The smallest absolute Gasteiger partial charge is 0.347 e. The SMILES string of the molecule is C.Cc1[c-]c(O)[nH]c(=O)n1.[2HH].[2H]c1c(C)nc(=O)[nH]c1O.[Y]. The fourth-order valence-corrected chi connectivity index (χ4v) is 1.02. The van der Waals surface area contributed by atoms with Crippen LogP contribution >= 0.6 is 0 Å². The summed E-state index contributed by atoms with van der Waals surface area (Å²) in [5.74, 6) is -0.704. The molecule has 0 saturated heterocycles. The minimum Gasteiger partial charge on any atom is -0.528 e. The van der Waals surface area contributed by atoms with E-state index in [1.165, 1.54) is 6.92 Å². The Morgan fingerprint density at radius 2 is 1.80 bits per heavy atom. The molecule has 2 rings (SSSR count). The van der Waals surface area contributed by atoms with E-state index in [1.807, 2.05) is 9.97 Å². The van der Waals surface area contributed by atoms with Crippen molar-refractivity contribution in [2.75, 3.05) is 0 Å². The Morgan fingerprint density at radius 1 is 1.25 bits per heavy atom. The molecule has 0 aliphatic rings. The molecular formula is C11H17N4O4Y-. The molecule has 0 atom stereocenters. The number of aromatic hydroxyl groups is 2. The molecule has 109 valence electrons. The number of hydrogen-bond donors (Lipinski definition) is 4. The molecule has 2 aromatic rings. The quantitative estimate of drug-likeness (QED) is 0.498. The van der Waals surface area contributed by atoms with Crippen molar-refractivity contribution in [2.24, 2.45) is 0 Å². The molecule has 4 N–H and O–H groups in total. The van der Waals surface area contributed by atoms with Crippen LogP contribution < -0.4 is 11.4 Å². The Morgan fingerprint density at radius 3 is 2.25 bits per heavy atom. The number of H-pyrrole nitrogens is 2. The van der Waals surface area contributed by atoms with Crippen molar-refractivity contribution >= 4 is 0 Å². The van der Waals surface area contributed by atoms with Gasteiger partial charge in [-0.1, -0.05) is 14.4 Å². The largest absolute Gasteiger partial charge is 0.528 e. The third-order valence-corrected chi connectivity index (χ3v) is 1.59. The van der Waals surface area contributed by atoms with Gasteiger partial charge in [-0.25, -0.2) is 14.6 Å². The van der Waals surface area contributed by atoms with E-state index in [0.29, 0.717) is 5.69 Å². The van der Waals surface area contributed by atoms with E-state index in [-0.39, 0.29) is 59.2 Å². The molecule has 0 aliphatic carbocycles. The number of nitrogens with one attached hydrogen (secondary N) is 2. The zero-order valence-corrected chi connectivity index (χ0v) is 13.0. The van der Waals surface area contributed by atoms with Crippen LogP contribution in [0, 0.1) is 19.9 Å². The van der Waals surface area contributed by atoms with E-state index in [2.05, 4.69) is 16.0 Å². The van der Waals surface area contributed by atoms with Crippen molar-refractivity contribution < 1.29 is 45.7 Å². The average Bonchev–Trinajstić information content (AvgIpc) is 2.24. The number of aromatic nitrogens is 4. The Kier molecular flexibility index (Phi) is 8.66. The maximum atomic E-state index is 10.5. The molecular weight excluding hydrogens is 341 g/mol. The standard InChI is InChI=1S/C5H6N2O2.C5H5N2O2.CH4.Y.H2/c2*1-3-2-4(8)7-5(9)6-3;;;/h2H,1H3,(H2,6,7,8,9);1H3,(H2,6,7,8,9);1H4;;1H/q;-1;;;/i2D;;;;1+1. The van der Waals surface area contributed by atoms with E-state index >= 15 is 0 Å². The number of rotatable bonds is 0. The molecule has 20 heavy (non-hydrogen) atoms. The summed E-state index contributed by atoms with van der Waals surface area (Å²) in [6.45, 7) is 3.06. The summed E-state index contributed by atoms with van der Waals surface area (Å²) in [6.07, 6.45) is 0. The van der Waals surface area contributed by atoms with Gasteiger partial charge >= 0.3 is 11.4 Å². The first-order valence-electron chi connectivity index (χ1n) is 5.25. The van der Waals surface area contributed by atoms with Crippen LogP contribution in [0.4, 0.5) is 0 Å². The van der Waals surface area contributed by atoms with Crippen LogP contribution in [0.15, 0.2) is 15.6 Å². The van der Waals surface area contributed by atoms with Gasteiger partial charge in [0, 0.05) is 51.8 Å². The first-order chi connectivity index (χ1) is 8.79. The molecule has 0 aromatic carbocycles. The predicted molar refractivity (Wildman–Crippen MR) is 70.2 cm³/mol. The van der Waals surface area contributed by atoms with Crippen LogP contribution in [-0.4, -0.2) is 30.1 Å². The van der Waals surface area contributed by atoms with Crippen molar-refractivity contribution in [1.29, 1.82) is 0 Å². The van der Waals surface area contributed by atoms with Crippen molar-refractivity contribution in [3.05, 3.63) is 44.5 Å². The monoisotopic (exact) mass is 360 g/mol. The summed E-state index contributed by atoms with van der Waals surface area (Å²) >= 11 is 0. The summed E-state index contributed by atoms with van der Waals surface area (Å²) in [5.41, 5.74) is -0.577. The van der Waals surface area contributed by atoms with Crippen molar-refractivity contribution in [3.63, 3.8) is 0 Å². The van der Waals surface area contributed by atoms with Gasteiger partial charge in [-0.15, -0.1) is 5.69 Å². The summed E-state index contributed by atoms with van der Waals surface area (Å²) < 4.78 is 7.06. The van der Waals surface area contributed by atoms with Crippen molar-refractivity contribution in [2.45, 2.75) is 21.3 Å². The number of nitrogens with zero attached hydrogens (tertiary/aromatic N) is 2. The Bertz CT molecular complexity index is 656. The molecule has 2 heterocycles. The fourth-order valence-electron chi connectivity index (χ4n) is 1.02. The van der Waals surface area contributed by atoms with Gasteiger partial charge in [0.15, 0.2) is 5.88 Å². The van der Waals surface area contributed by atoms with Gasteiger partial charge in [0.1, 0.15) is 0 Å². The average molecular weight is 360 g/mol. The van der Waals surface area contributed by atoms with Gasteiger partial charge in [-0.2, -0.15) is 4.98 Å². The second-order valence-corrected chi connectivity index (χ2v) is 3.20. The molecule has 0 spiro atoms. The first-order valence-corrected chi connectivity index (χ1v) is 4.75. The van der Waals surface area contributed by atoms with Gasteiger partial charge in [0.2, 0.25) is 0 Å². The Hall–Kier alpha value is -1.54. The molecule has 0 aliphatic heterocycles. The van der Waals surface area contributed by atoms with Crippen LogP contribution in [0.1, 0.15) is 21.6 Å². The third kappa shape index (κ3) is 7.80. The minimum absolute atomic E-state index is 0. The molecule has 0 saturated carbocycles. The molecule has 8 nitrogen and oxygen atoms in total. The van der Waals surface area contributed by atoms with E-state index in [4.69, 9.17) is 11.6 Å². The second kappa shape index (κ2) is 9.38. The molecule has 0 fully saturated rings. The molecule has 2 aromatic heterocycles.